The molecule has 0 fully saturated rings. The number of allylic oxidation sites excluding steroid dienone is 1. The second-order valence-electron chi connectivity index (χ2n) is 4.42. The standard InChI is InChI=1S/C15H20O2/c1-12(2)11-15(17-13(3)16)10-9-14-7-5-4-6-8-14/h4-8,11,15H,9-10H2,1-3H3. The van der Waals surface area contributed by atoms with E-state index in [-0.39, 0.29) is 12.1 Å². The second-order valence-corrected chi connectivity index (χ2v) is 4.42. The molecule has 2 heteroatoms. The number of carbonyl (C=O) groups is 1. The van der Waals surface area contributed by atoms with Crippen LogP contribution in [0.1, 0.15) is 32.8 Å². The fraction of sp³-hybridized carbons (Fsp3) is 0.400. The summed E-state index contributed by atoms with van der Waals surface area (Å²) < 4.78 is 5.27. The van der Waals surface area contributed by atoms with Crippen LogP contribution < -0.4 is 0 Å². The number of hydrogen-bond acceptors (Lipinski definition) is 2. The zero-order chi connectivity index (χ0) is 12.7. The molecule has 17 heavy (non-hydrogen) atoms. The molecule has 0 amide bonds. The lowest BCUT2D eigenvalue weighted by Crippen LogP contribution is -2.15. The third-order valence-corrected chi connectivity index (χ3v) is 2.40. The van der Waals surface area contributed by atoms with Gasteiger partial charge in [0.05, 0.1) is 0 Å². The highest BCUT2D eigenvalue weighted by atomic mass is 16.5. The predicted octanol–water partition coefficient (Wildman–Crippen LogP) is 3.52. The van der Waals surface area contributed by atoms with Crippen LogP contribution in [0.25, 0.3) is 0 Å². The fourth-order valence-electron chi connectivity index (χ4n) is 1.71. The summed E-state index contributed by atoms with van der Waals surface area (Å²) in [6, 6.07) is 10.2. The SMILES string of the molecule is CC(=O)OC(C=C(C)C)CCc1ccccc1. The van der Waals surface area contributed by atoms with Crippen molar-refractivity contribution in [2.75, 3.05) is 0 Å². The first-order chi connectivity index (χ1) is 8.08. The summed E-state index contributed by atoms with van der Waals surface area (Å²) in [5, 5.41) is 0. The van der Waals surface area contributed by atoms with Gasteiger partial charge < -0.3 is 4.74 Å². The van der Waals surface area contributed by atoms with Crippen molar-refractivity contribution in [3.8, 4) is 0 Å². The van der Waals surface area contributed by atoms with Crippen LogP contribution in [-0.2, 0) is 16.0 Å². The maximum absolute atomic E-state index is 11.0. The Balaban J connectivity index is 2.55. The average molecular weight is 232 g/mol. The fourth-order valence-corrected chi connectivity index (χ4v) is 1.71. The smallest absolute Gasteiger partial charge is 0.303 e. The van der Waals surface area contributed by atoms with Crippen molar-refractivity contribution in [2.24, 2.45) is 0 Å². The Morgan fingerprint density at radius 1 is 1.24 bits per heavy atom. The number of rotatable bonds is 5. The number of esters is 1. The van der Waals surface area contributed by atoms with E-state index in [2.05, 4.69) is 12.1 Å². The van der Waals surface area contributed by atoms with Crippen LogP contribution in [0.5, 0.6) is 0 Å². The summed E-state index contributed by atoms with van der Waals surface area (Å²) in [6.45, 7) is 5.48. The van der Waals surface area contributed by atoms with E-state index in [1.165, 1.54) is 18.1 Å². The van der Waals surface area contributed by atoms with Gasteiger partial charge >= 0.3 is 5.97 Å². The molecule has 92 valence electrons. The Morgan fingerprint density at radius 2 is 1.88 bits per heavy atom. The molecule has 0 saturated heterocycles. The monoisotopic (exact) mass is 232 g/mol. The minimum absolute atomic E-state index is 0.113. The Morgan fingerprint density at radius 3 is 2.41 bits per heavy atom. The Kier molecular flexibility index (Phi) is 5.47. The summed E-state index contributed by atoms with van der Waals surface area (Å²) in [4.78, 5) is 11.0. The molecule has 0 aliphatic carbocycles. The Labute approximate surface area is 103 Å². The first-order valence-corrected chi connectivity index (χ1v) is 5.94. The third-order valence-electron chi connectivity index (χ3n) is 2.40. The molecule has 0 bridgehead atoms. The third kappa shape index (κ3) is 5.91. The van der Waals surface area contributed by atoms with Crippen LogP contribution >= 0.6 is 0 Å². The molecule has 0 aromatic heterocycles. The van der Waals surface area contributed by atoms with Gasteiger partial charge in [-0.3, -0.25) is 4.79 Å². The van der Waals surface area contributed by atoms with Crippen LogP contribution in [-0.4, -0.2) is 12.1 Å². The summed E-state index contributed by atoms with van der Waals surface area (Å²) >= 11 is 0. The lowest BCUT2D eigenvalue weighted by Gasteiger charge is -2.13. The molecule has 0 aliphatic heterocycles. The van der Waals surface area contributed by atoms with Crippen molar-refractivity contribution in [1.29, 1.82) is 0 Å². The Bertz CT molecular complexity index is 375. The zero-order valence-corrected chi connectivity index (χ0v) is 10.8. The topological polar surface area (TPSA) is 26.3 Å². The maximum atomic E-state index is 11.0. The van der Waals surface area contributed by atoms with E-state index in [4.69, 9.17) is 4.74 Å². The van der Waals surface area contributed by atoms with Crippen molar-refractivity contribution < 1.29 is 9.53 Å². The van der Waals surface area contributed by atoms with E-state index in [1.54, 1.807) is 0 Å². The van der Waals surface area contributed by atoms with Crippen molar-refractivity contribution in [1.82, 2.24) is 0 Å². The van der Waals surface area contributed by atoms with Crippen molar-refractivity contribution in [3.05, 3.63) is 47.5 Å². The molecule has 2 nitrogen and oxygen atoms in total. The van der Waals surface area contributed by atoms with Gasteiger partial charge in [0.25, 0.3) is 0 Å². The first-order valence-electron chi connectivity index (χ1n) is 5.94. The van der Waals surface area contributed by atoms with Gasteiger partial charge in [0.1, 0.15) is 6.10 Å². The van der Waals surface area contributed by atoms with E-state index < -0.39 is 0 Å². The maximum Gasteiger partial charge on any atom is 0.303 e. The molecule has 0 heterocycles. The van der Waals surface area contributed by atoms with Crippen LogP contribution in [0.15, 0.2) is 42.0 Å². The molecule has 1 aromatic rings. The minimum Gasteiger partial charge on any atom is -0.458 e. The second kappa shape index (κ2) is 6.89. The largest absolute Gasteiger partial charge is 0.458 e. The number of hydrogen-bond donors (Lipinski definition) is 0. The number of carbonyl (C=O) groups excluding carboxylic acids is 1. The van der Waals surface area contributed by atoms with E-state index in [1.807, 2.05) is 38.1 Å². The van der Waals surface area contributed by atoms with Gasteiger partial charge in [-0.25, -0.2) is 0 Å². The van der Waals surface area contributed by atoms with E-state index >= 15 is 0 Å². The summed E-state index contributed by atoms with van der Waals surface area (Å²) in [5.74, 6) is -0.222. The molecular formula is C15H20O2. The predicted molar refractivity (Wildman–Crippen MR) is 69.7 cm³/mol. The van der Waals surface area contributed by atoms with Gasteiger partial charge in [0.15, 0.2) is 0 Å². The molecule has 1 aromatic carbocycles. The number of benzene rings is 1. The van der Waals surface area contributed by atoms with Gasteiger partial charge in [-0.15, -0.1) is 0 Å². The van der Waals surface area contributed by atoms with Gasteiger partial charge in [-0.2, -0.15) is 0 Å². The molecular weight excluding hydrogens is 212 g/mol. The average Bonchev–Trinajstić information content (AvgIpc) is 2.26. The molecule has 0 radical (unpaired) electrons. The molecule has 0 aliphatic rings. The van der Waals surface area contributed by atoms with E-state index in [0.29, 0.717) is 0 Å². The van der Waals surface area contributed by atoms with Crippen LogP contribution in [0.4, 0.5) is 0 Å². The first kappa shape index (κ1) is 13.5. The summed E-state index contributed by atoms with van der Waals surface area (Å²) in [7, 11) is 0. The van der Waals surface area contributed by atoms with Gasteiger partial charge in [-0.1, -0.05) is 35.9 Å². The Hall–Kier alpha value is -1.57. The molecule has 1 rings (SSSR count). The van der Waals surface area contributed by atoms with Crippen molar-refractivity contribution in [2.45, 2.75) is 39.7 Å². The zero-order valence-electron chi connectivity index (χ0n) is 10.8. The van der Waals surface area contributed by atoms with E-state index in [0.717, 1.165) is 12.8 Å². The molecule has 0 saturated carbocycles. The summed E-state index contributed by atoms with van der Waals surface area (Å²) in [5.41, 5.74) is 2.44. The van der Waals surface area contributed by atoms with E-state index in [9.17, 15) is 4.79 Å². The normalized spacial score (nSPS) is 11.7. The molecule has 0 spiro atoms. The minimum atomic E-state index is -0.222. The van der Waals surface area contributed by atoms with Crippen molar-refractivity contribution >= 4 is 5.97 Å². The number of aryl methyl sites for hydroxylation is 1. The van der Waals surface area contributed by atoms with Gasteiger partial charge in [-0.05, 0) is 38.3 Å². The lowest BCUT2D eigenvalue weighted by atomic mass is 10.1. The molecule has 0 N–H and O–H groups in total. The van der Waals surface area contributed by atoms with Crippen LogP contribution in [0, 0.1) is 0 Å². The van der Waals surface area contributed by atoms with Crippen LogP contribution in [0.3, 0.4) is 0 Å². The molecule has 1 atom stereocenters. The quantitative estimate of drug-likeness (QED) is 0.573. The van der Waals surface area contributed by atoms with Gasteiger partial charge in [0, 0.05) is 6.92 Å². The lowest BCUT2D eigenvalue weighted by molar-refractivity contribution is -0.144. The molecule has 1 unspecified atom stereocenters. The number of ether oxygens (including phenoxy) is 1. The summed E-state index contributed by atoms with van der Waals surface area (Å²) in [6.07, 6.45) is 3.64. The highest BCUT2D eigenvalue weighted by molar-refractivity contribution is 5.66. The van der Waals surface area contributed by atoms with Gasteiger partial charge in [0.2, 0.25) is 0 Å². The van der Waals surface area contributed by atoms with Crippen LogP contribution in [0.2, 0.25) is 0 Å². The highest BCUT2D eigenvalue weighted by Crippen LogP contribution is 2.10. The highest BCUT2D eigenvalue weighted by Gasteiger charge is 2.08. The van der Waals surface area contributed by atoms with Crippen molar-refractivity contribution in [3.63, 3.8) is 0 Å².